The summed E-state index contributed by atoms with van der Waals surface area (Å²) in [7, 11) is 2.93. The third-order valence-corrected chi connectivity index (χ3v) is 4.90. The Balaban J connectivity index is 2.18. The molecule has 1 saturated carbocycles. The Labute approximate surface area is 135 Å². The first-order valence-corrected chi connectivity index (χ1v) is 7.79. The van der Waals surface area contributed by atoms with Crippen LogP contribution < -0.4 is 10.1 Å². The van der Waals surface area contributed by atoms with Gasteiger partial charge < -0.3 is 19.9 Å². The molecule has 2 N–H and O–H groups in total. The molecular formula is C17H22N2O4. The van der Waals surface area contributed by atoms with Gasteiger partial charge in [0.1, 0.15) is 0 Å². The molecule has 6 nitrogen and oxygen atoms in total. The second kappa shape index (κ2) is 5.85. The van der Waals surface area contributed by atoms with Gasteiger partial charge in [0.05, 0.1) is 31.6 Å². The van der Waals surface area contributed by atoms with Crippen LogP contribution in [0.2, 0.25) is 0 Å². The average molecular weight is 318 g/mol. The lowest BCUT2D eigenvalue weighted by Gasteiger charge is -2.49. The molecule has 2 aliphatic rings. The van der Waals surface area contributed by atoms with Crippen molar-refractivity contribution in [3.8, 4) is 5.88 Å². The first-order chi connectivity index (χ1) is 11.0. The summed E-state index contributed by atoms with van der Waals surface area (Å²) in [6.07, 6.45) is 2.87. The summed E-state index contributed by atoms with van der Waals surface area (Å²) in [6.45, 7) is 1.97. The number of hydrogen-bond donors (Lipinski definition) is 2. The molecule has 0 aromatic carbocycles. The zero-order valence-corrected chi connectivity index (χ0v) is 13.6. The molecule has 3 rings (SSSR count). The van der Waals surface area contributed by atoms with Crippen molar-refractivity contribution in [1.29, 1.82) is 0 Å². The fraction of sp³-hybridized carbons (Fsp3) is 0.529. The van der Waals surface area contributed by atoms with E-state index >= 15 is 0 Å². The molecule has 0 unspecified atom stereocenters. The minimum Gasteiger partial charge on any atom is -0.481 e. The molecule has 124 valence electrons. The predicted octanol–water partition coefficient (Wildman–Crippen LogP) is 1.91. The first-order valence-electron chi connectivity index (χ1n) is 7.79. The lowest BCUT2D eigenvalue weighted by atomic mass is 9.61. The Morgan fingerprint density at radius 3 is 2.91 bits per heavy atom. The number of carbonyl (C=O) groups excluding carboxylic acids is 1. The summed E-state index contributed by atoms with van der Waals surface area (Å²) >= 11 is 0. The third-order valence-electron chi connectivity index (χ3n) is 4.90. The molecule has 1 aromatic rings. The van der Waals surface area contributed by atoms with Crippen LogP contribution in [0, 0.1) is 5.92 Å². The van der Waals surface area contributed by atoms with Crippen LogP contribution in [0.4, 0.5) is 4.79 Å². The van der Waals surface area contributed by atoms with Crippen molar-refractivity contribution in [2.75, 3.05) is 14.2 Å². The van der Waals surface area contributed by atoms with Crippen molar-refractivity contribution < 1.29 is 19.4 Å². The van der Waals surface area contributed by atoms with Crippen molar-refractivity contribution in [3.63, 3.8) is 0 Å². The van der Waals surface area contributed by atoms with E-state index in [0.717, 1.165) is 23.3 Å². The maximum atomic E-state index is 12.0. The van der Waals surface area contributed by atoms with Crippen LogP contribution in [0.1, 0.15) is 31.0 Å². The Morgan fingerprint density at radius 2 is 2.26 bits per heavy atom. The lowest BCUT2D eigenvalue weighted by molar-refractivity contribution is 0.0651. The second-order valence-electron chi connectivity index (χ2n) is 6.11. The van der Waals surface area contributed by atoms with Gasteiger partial charge in [0, 0.05) is 18.1 Å². The van der Waals surface area contributed by atoms with E-state index in [4.69, 9.17) is 9.47 Å². The molecule has 6 heteroatoms. The number of fused-ring (bicyclic) bond motifs is 4. The maximum Gasteiger partial charge on any atom is 0.407 e. The van der Waals surface area contributed by atoms with E-state index in [9.17, 15) is 9.90 Å². The third kappa shape index (κ3) is 2.47. The Hall–Kier alpha value is -2.08. The highest BCUT2D eigenvalue weighted by Crippen LogP contribution is 2.50. The SMILES string of the molecule is CC=C1[C@H]2Cc3nc(OC)ccc3[C@]1(NC(=O)OC)C[C@H](O)C2. The normalized spacial score (nSPS) is 30.5. The number of carbonyl (C=O) groups is 1. The molecule has 1 heterocycles. The van der Waals surface area contributed by atoms with Gasteiger partial charge in [0.15, 0.2) is 0 Å². The summed E-state index contributed by atoms with van der Waals surface area (Å²) in [5.74, 6) is 0.701. The molecule has 23 heavy (non-hydrogen) atoms. The van der Waals surface area contributed by atoms with Crippen molar-refractivity contribution in [2.24, 2.45) is 5.92 Å². The molecule has 1 aromatic heterocycles. The molecule has 1 amide bonds. The zero-order valence-electron chi connectivity index (χ0n) is 13.6. The first kappa shape index (κ1) is 15.8. The van der Waals surface area contributed by atoms with E-state index in [1.165, 1.54) is 7.11 Å². The van der Waals surface area contributed by atoms with Gasteiger partial charge in [-0.25, -0.2) is 9.78 Å². The number of amides is 1. The van der Waals surface area contributed by atoms with Crippen LogP contribution in [-0.4, -0.2) is 36.5 Å². The minimum absolute atomic E-state index is 0.146. The van der Waals surface area contributed by atoms with E-state index in [0.29, 0.717) is 18.7 Å². The minimum atomic E-state index is -0.767. The molecule has 2 aliphatic carbocycles. The Bertz CT molecular complexity index is 658. The topological polar surface area (TPSA) is 80.7 Å². The summed E-state index contributed by atoms with van der Waals surface area (Å²) in [6, 6.07) is 3.71. The standard InChI is InChI=1S/C17H22N2O4/c1-4-12-10-7-11(20)9-17(12,19-16(21)23-3)13-5-6-15(22-2)18-14(13)8-10/h4-6,10-11,20H,7-9H2,1-3H3,(H,19,21)/t10-,11-,17+/m1/s1. The number of nitrogens with zero attached hydrogens (tertiary/aromatic N) is 1. The number of rotatable bonds is 2. The number of ether oxygens (including phenoxy) is 2. The van der Waals surface area contributed by atoms with Crippen LogP contribution in [-0.2, 0) is 16.7 Å². The highest BCUT2D eigenvalue weighted by atomic mass is 16.5. The molecule has 1 fully saturated rings. The highest BCUT2D eigenvalue weighted by Gasteiger charge is 2.51. The van der Waals surface area contributed by atoms with Crippen molar-refractivity contribution in [3.05, 3.63) is 35.0 Å². The number of allylic oxidation sites excluding steroid dienone is 1. The van der Waals surface area contributed by atoms with Gasteiger partial charge in [0.2, 0.25) is 5.88 Å². The number of aliphatic hydroxyl groups excluding tert-OH is 1. The van der Waals surface area contributed by atoms with Gasteiger partial charge >= 0.3 is 6.09 Å². The number of methoxy groups -OCH3 is 2. The Kier molecular flexibility index (Phi) is 4.02. The number of hydrogen-bond acceptors (Lipinski definition) is 5. The van der Waals surface area contributed by atoms with Gasteiger partial charge in [-0.2, -0.15) is 0 Å². The number of alkyl carbamates (subject to hydrolysis) is 1. The van der Waals surface area contributed by atoms with Crippen molar-refractivity contribution >= 4 is 6.09 Å². The van der Waals surface area contributed by atoms with E-state index in [1.54, 1.807) is 13.2 Å². The van der Waals surface area contributed by atoms with Crippen LogP contribution in [0.15, 0.2) is 23.8 Å². The smallest absolute Gasteiger partial charge is 0.407 e. The van der Waals surface area contributed by atoms with E-state index in [2.05, 4.69) is 10.3 Å². The molecule has 0 radical (unpaired) electrons. The summed E-state index contributed by atoms with van der Waals surface area (Å²) < 4.78 is 10.0. The van der Waals surface area contributed by atoms with Crippen LogP contribution in [0.25, 0.3) is 0 Å². The average Bonchev–Trinajstić information content (AvgIpc) is 2.53. The molecular weight excluding hydrogens is 296 g/mol. The Morgan fingerprint density at radius 1 is 1.48 bits per heavy atom. The summed E-state index contributed by atoms with van der Waals surface area (Å²) in [5, 5.41) is 13.3. The number of aliphatic hydroxyl groups is 1. The molecule has 0 aliphatic heterocycles. The molecule has 0 spiro atoms. The second-order valence-corrected chi connectivity index (χ2v) is 6.11. The zero-order chi connectivity index (χ0) is 16.6. The maximum absolute atomic E-state index is 12.0. The monoisotopic (exact) mass is 318 g/mol. The lowest BCUT2D eigenvalue weighted by Crippen LogP contribution is -2.56. The highest BCUT2D eigenvalue weighted by molar-refractivity contribution is 5.70. The quantitative estimate of drug-likeness (QED) is 0.814. The van der Waals surface area contributed by atoms with Gasteiger partial charge in [-0.15, -0.1) is 0 Å². The fourth-order valence-electron chi connectivity index (χ4n) is 4.09. The van der Waals surface area contributed by atoms with Gasteiger partial charge in [0.25, 0.3) is 0 Å². The van der Waals surface area contributed by atoms with Crippen LogP contribution in [0.5, 0.6) is 5.88 Å². The number of pyridine rings is 1. The van der Waals surface area contributed by atoms with E-state index in [1.807, 2.05) is 19.1 Å². The van der Waals surface area contributed by atoms with Gasteiger partial charge in [-0.3, -0.25) is 0 Å². The molecule has 0 saturated heterocycles. The summed E-state index contributed by atoms with van der Waals surface area (Å²) in [5.41, 5.74) is 2.17. The fourth-order valence-corrected chi connectivity index (χ4v) is 4.09. The van der Waals surface area contributed by atoms with E-state index < -0.39 is 17.7 Å². The van der Waals surface area contributed by atoms with Crippen LogP contribution in [0.3, 0.4) is 0 Å². The van der Waals surface area contributed by atoms with Crippen LogP contribution >= 0.6 is 0 Å². The van der Waals surface area contributed by atoms with E-state index in [-0.39, 0.29) is 5.92 Å². The largest absolute Gasteiger partial charge is 0.481 e. The molecule has 2 bridgehead atoms. The summed E-state index contributed by atoms with van der Waals surface area (Å²) in [4.78, 5) is 16.6. The van der Waals surface area contributed by atoms with Gasteiger partial charge in [-0.1, -0.05) is 6.08 Å². The number of nitrogens with one attached hydrogen (secondary N) is 1. The van der Waals surface area contributed by atoms with Gasteiger partial charge in [-0.05, 0) is 37.3 Å². The van der Waals surface area contributed by atoms with Crippen molar-refractivity contribution in [1.82, 2.24) is 10.3 Å². The predicted molar refractivity (Wildman–Crippen MR) is 84.2 cm³/mol. The number of aromatic nitrogens is 1. The molecule has 3 atom stereocenters. The van der Waals surface area contributed by atoms with Crippen molar-refractivity contribution in [2.45, 2.75) is 37.8 Å².